The van der Waals surface area contributed by atoms with E-state index >= 15 is 0 Å². The molecule has 0 bridgehead atoms. The van der Waals surface area contributed by atoms with Gasteiger partial charge in [0.15, 0.2) is 6.10 Å². The molecule has 1 heterocycles. The Morgan fingerprint density at radius 1 is 1.43 bits per heavy atom. The first kappa shape index (κ1) is 11.2. The molecule has 0 fully saturated rings. The zero-order chi connectivity index (χ0) is 10.9. The average molecular weight is 216 g/mol. The third-order valence-corrected chi connectivity index (χ3v) is 2.93. The summed E-state index contributed by atoms with van der Waals surface area (Å²) in [5.74, 6) is -1.42. The highest BCUT2D eigenvalue weighted by molar-refractivity contribution is 7.12. The van der Waals surface area contributed by atoms with Crippen LogP contribution in [-0.2, 0) is 4.79 Å². The predicted octanol–water partition coefficient (Wildman–Crippen LogP) is 0.844. The van der Waals surface area contributed by atoms with Crippen molar-refractivity contribution in [2.24, 2.45) is 0 Å². The van der Waals surface area contributed by atoms with Gasteiger partial charge in [-0.2, -0.15) is 0 Å². The van der Waals surface area contributed by atoms with Crippen molar-refractivity contribution in [3.8, 4) is 0 Å². The third-order valence-electron chi connectivity index (χ3n) is 1.95. The number of carboxylic acid groups (broad SMARTS) is 1. The maximum Gasteiger partial charge on any atom is 0.335 e. The summed E-state index contributed by atoms with van der Waals surface area (Å²) in [6.45, 7) is 3.64. The SMILES string of the molecule is Cc1cc(C(O)C(O)C(=O)O)c(C)s1. The molecule has 0 aliphatic rings. The van der Waals surface area contributed by atoms with Crippen LogP contribution in [-0.4, -0.2) is 27.4 Å². The molecular formula is C9H12O4S. The van der Waals surface area contributed by atoms with E-state index in [-0.39, 0.29) is 0 Å². The maximum atomic E-state index is 10.4. The highest BCUT2D eigenvalue weighted by Gasteiger charge is 2.27. The molecule has 1 rings (SSSR count). The smallest absolute Gasteiger partial charge is 0.335 e. The van der Waals surface area contributed by atoms with Gasteiger partial charge in [0.2, 0.25) is 0 Å². The van der Waals surface area contributed by atoms with Gasteiger partial charge < -0.3 is 15.3 Å². The number of thiophene rings is 1. The Morgan fingerprint density at radius 3 is 2.36 bits per heavy atom. The number of aliphatic hydroxyl groups excluding tert-OH is 2. The summed E-state index contributed by atoms with van der Waals surface area (Å²) in [6, 6.07) is 1.69. The van der Waals surface area contributed by atoms with Crippen LogP contribution in [0.4, 0.5) is 0 Å². The minimum Gasteiger partial charge on any atom is -0.479 e. The van der Waals surface area contributed by atoms with Crippen LogP contribution in [0.3, 0.4) is 0 Å². The topological polar surface area (TPSA) is 77.8 Å². The van der Waals surface area contributed by atoms with E-state index < -0.39 is 18.2 Å². The zero-order valence-electron chi connectivity index (χ0n) is 7.89. The van der Waals surface area contributed by atoms with Gasteiger partial charge in [-0.3, -0.25) is 0 Å². The van der Waals surface area contributed by atoms with Crippen LogP contribution < -0.4 is 0 Å². The minimum absolute atomic E-state index is 0.488. The van der Waals surface area contributed by atoms with Crippen molar-refractivity contribution in [1.82, 2.24) is 0 Å². The fourth-order valence-electron chi connectivity index (χ4n) is 1.25. The first-order valence-corrected chi connectivity index (χ1v) is 4.91. The lowest BCUT2D eigenvalue weighted by Gasteiger charge is -2.13. The molecule has 0 saturated carbocycles. The van der Waals surface area contributed by atoms with E-state index in [4.69, 9.17) is 10.2 Å². The Bertz CT molecular complexity index is 345. The molecule has 0 spiro atoms. The molecule has 0 saturated heterocycles. The monoisotopic (exact) mass is 216 g/mol. The van der Waals surface area contributed by atoms with Crippen molar-refractivity contribution in [1.29, 1.82) is 0 Å². The van der Waals surface area contributed by atoms with Crippen LogP contribution in [0, 0.1) is 13.8 Å². The second-order valence-electron chi connectivity index (χ2n) is 3.10. The lowest BCUT2D eigenvalue weighted by molar-refractivity contribution is -0.153. The quantitative estimate of drug-likeness (QED) is 0.699. The largest absolute Gasteiger partial charge is 0.479 e. The Labute approximate surface area is 85.4 Å². The highest BCUT2D eigenvalue weighted by Crippen LogP contribution is 2.28. The molecule has 0 aromatic carbocycles. The fraction of sp³-hybridized carbons (Fsp3) is 0.444. The van der Waals surface area contributed by atoms with E-state index in [2.05, 4.69) is 0 Å². The van der Waals surface area contributed by atoms with Crippen LogP contribution >= 0.6 is 11.3 Å². The Balaban J connectivity index is 2.94. The van der Waals surface area contributed by atoms with Crippen molar-refractivity contribution >= 4 is 17.3 Å². The Morgan fingerprint density at radius 2 is 2.00 bits per heavy atom. The summed E-state index contributed by atoms with van der Waals surface area (Å²) in [5, 5.41) is 27.2. The summed E-state index contributed by atoms with van der Waals surface area (Å²) in [5.41, 5.74) is 0.488. The second-order valence-corrected chi connectivity index (χ2v) is 4.56. The lowest BCUT2D eigenvalue weighted by atomic mass is 10.1. The maximum absolute atomic E-state index is 10.4. The number of hydrogen-bond donors (Lipinski definition) is 3. The Kier molecular flexibility index (Phi) is 3.25. The molecule has 4 nitrogen and oxygen atoms in total. The third kappa shape index (κ3) is 2.12. The first-order valence-electron chi connectivity index (χ1n) is 4.09. The summed E-state index contributed by atoms with van der Waals surface area (Å²) in [7, 11) is 0. The van der Waals surface area contributed by atoms with Gasteiger partial charge in [-0.25, -0.2) is 4.79 Å². The zero-order valence-corrected chi connectivity index (χ0v) is 8.71. The molecule has 0 aliphatic heterocycles. The normalized spacial score (nSPS) is 15.1. The average Bonchev–Trinajstić information content (AvgIpc) is 2.42. The standard InChI is InChI=1S/C9H12O4S/c1-4-3-6(5(2)14-4)7(10)8(11)9(12)13/h3,7-8,10-11H,1-2H3,(H,12,13). The molecule has 78 valence electrons. The summed E-state index contributed by atoms with van der Waals surface area (Å²) < 4.78 is 0. The number of rotatable bonds is 3. The molecule has 0 amide bonds. The van der Waals surface area contributed by atoms with Gasteiger partial charge in [-0.1, -0.05) is 0 Å². The van der Waals surface area contributed by atoms with Crippen molar-refractivity contribution in [3.63, 3.8) is 0 Å². The molecule has 1 aromatic rings. The number of carboxylic acids is 1. The van der Waals surface area contributed by atoms with Gasteiger partial charge in [0.25, 0.3) is 0 Å². The van der Waals surface area contributed by atoms with Crippen molar-refractivity contribution in [2.75, 3.05) is 0 Å². The molecule has 1 aromatic heterocycles. The van der Waals surface area contributed by atoms with E-state index in [1.165, 1.54) is 11.3 Å². The van der Waals surface area contributed by atoms with E-state index in [1.54, 1.807) is 13.0 Å². The second kappa shape index (κ2) is 4.08. The van der Waals surface area contributed by atoms with Crippen molar-refractivity contribution < 1.29 is 20.1 Å². The molecule has 0 aliphatic carbocycles. The summed E-state index contributed by atoms with van der Waals surface area (Å²) in [6.07, 6.45) is -3.11. The van der Waals surface area contributed by atoms with Crippen LogP contribution in [0.1, 0.15) is 21.4 Å². The molecule has 5 heteroatoms. The van der Waals surface area contributed by atoms with E-state index in [9.17, 15) is 9.90 Å². The minimum atomic E-state index is -1.76. The number of aliphatic hydroxyl groups is 2. The van der Waals surface area contributed by atoms with Crippen LogP contribution in [0.5, 0.6) is 0 Å². The molecule has 3 N–H and O–H groups in total. The highest BCUT2D eigenvalue weighted by atomic mass is 32.1. The summed E-state index contributed by atoms with van der Waals surface area (Å²) in [4.78, 5) is 12.2. The van der Waals surface area contributed by atoms with Crippen molar-refractivity contribution in [3.05, 3.63) is 21.4 Å². The van der Waals surface area contributed by atoms with Gasteiger partial charge in [0.05, 0.1) is 0 Å². The van der Waals surface area contributed by atoms with Gasteiger partial charge in [0, 0.05) is 9.75 Å². The van der Waals surface area contributed by atoms with E-state index in [0.717, 1.165) is 9.75 Å². The lowest BCUT2D eigenvalue weighted by Crippen LogP contribution is -2.27. The van der Waals surface area contributed by atoms with Gasteiger partial charge in [-0.05, 0) is 25.5 Å². The number of aryl methyl sites for hydroxylation is 2. The van der Waals surface area contributed by atoms with Gasteiger partial charge in [-0.15, -0.1) is 11.3 Å². The first-order chi connectivity index (χ1) is 6.43. The molecular weight excluding hydrogens is 204 g/mol. The molecule has 2 unspecified atom stereocenters. The fourth-order valence-corrected chi connectivity index (χ4v) is 2.22. The number of aliphatic carboxylic acids is 1. The molecule has 14 heavy (non-hydrogen) atoms. The van der Waals surface area contributed by atoms with E-state index in [1.807, 2.05) is 6.92 Å². The van der Waals surface area contributed by atoms with Crippen LogP contribution in [0.15, 0.2) is 6.07 Å². The predicted molar refractivity (Wildman–Crippen MR) is 52.4 cm³/mol. The van der Waals surface area contributed by atoms with Crippen LogP contribution in [0.25, 0.3) is 0 Å². The van der Waals surface area contributed by atoms with Crippen molar-refractivity contribution in [2.45, 2.75) is 26.1 Å². The summed E-state index contributed by atoms with van der Waals surface area (Å²) >= 11 is 1.46. The van der Waals surface area contributed by atoms with E-state index in [0.29, 0.717) is 5.56 Å². The number of carbonyl (C=O) groups is 1. The van der Waals surface area contributed by atoms with Gasteiger partial charge in [0.1, 0.15) is 6.10 Å². The van der Waals surface area contributed by atoms with Gasteiger partial charge >= 0.3 is 5.97 Å². The Hall–Kier alpha value is -0.910. The van der Waals surface area contributed by atoms with Crippen LogP contribution in [0.2, 0.25) is 0 Å². The number of hydrogen-bond acceptors (Lipinski definition) is 4. The molecule has 2 atom stereocenters. The molecule has 0 radical (unpaired) electrons.